The lowest BCUT2D eigenvalue weighted by Gasteiger charge is -2.21. The molecule has 3 amide bonds. The van der Waals surface area contributed by atoms with Gasteiger partial charge in [0.25, 0.3) is 0 Å². The van der Waals surface area contributed by atoms with Crippen LogP contribution in [0.2, 0.25) is 5.02 Å². The Morgan fingerprint density at radius 2 is 1.84 bits per heavy atom. The predicted molar refractivity (Wildman–Crippen MR) is 131 cm³/mol. The summed E-state index contributed by atoms with van der Waals surface area (Å²) in [6, 6.07) is 8.48. The molecule has 0 aromatic heterocycles. The molecule has 0 bridgehead atoms. The molecule has 12 heteroatoms. The maximum absolute atomic E-state index is 13.0. The fraction of sp³-hybridized carbons (Fsp3) is 0.400. The third-order valence-electron chi connectivity index (χ3n) is 5.99. The van der Waals surface area contributed by atoms with Crippen molar-refractivity contribution in [1.29, 1.82) is 0 Å². The summed E-state index contributed by atoms with van der Waals surface area (Å²) in [6.07, 6.45) is -4.11. The molecule has 3 rings (SSSR count). The van der Waals surface area contributed by atoms with E-state index in [2.05, 4.69) is 5.32 Å². The summed E-state index contributed by atoms with van der Waals surface area (Å²) in [4.78, 5) is 40.5. The number of nitrogens with zero attached hydrogens (tertiary/aromatic N) is 2. The number of carbonyl (C=O) groups is 3. The van der Waals surface area contributed by atoms with E-state index in [1.807, 2.05) is 12.1 Å². The number of alkyl halides is 3. The smallest absolute Gasteiger partial charge is 0.417 e. The first kappa shape index (κ1) is 28.1. The molecular formula is C25H27ClF3N3O5. The second-order valence-corrected chi connectivity index (χ2v) is 9.02. The zero-order valence-corrected chi connectivity index (χ0v) is 21.3. The Bertz CT molecular complexity index is 1170. The van der Waals surface area contributed by atoms with Gasteiger partial charge >= 0.3 is 6.18 Å². The van der Waals surface area contributed by atoms with E-state index in [-0.39, 0.29) is 31.1 Å². The van der Waals surface area contributed by atoms with Gasteiger partial charge in [0.15, 0.2) is 11.5 Å². The number of ether oxygens (including phenoxy) is 2. The van der Waals surface area contributed by atoms with Crippen molar-refractivity contribution in [2.75, 3.05) is 46.2 Å². The number of rotatable bonds is 9. The summed E-state index contributed by atoms with van der Waals surface area (Å²) < 4.78 is 49.6. The van der Waals surface area contributed by atoms with Crippen molar-refractivity contribution in [3.05, 3.63) is 52.5 Å². The van der Waals surface area contributed by atoms with Gasteiger partial charge in [0.2, 0.25) is 17.7 Å². The van der Waals surface area contributed by atoms with Crippen LogP contribution in [0.5, 0.6) is 11.5 Å². The summed E-state index contributed by atoms with van der Waals surface area (Å²) in [5.41, 5.74) is -0.237. The summed E-state index contributed by atoms with van der Waals surface area (Å²) >= 11 is 5.59. The van der Waals surface area contributed by atoms with Gasteiger partial charge in [0.05, 0.1) is 37.3 Å². The number of likely N-dealkylation sites (tertiary alicyclic amines) is 1. The van der Waals surface area contributed by atoms with Crippen LogP contribution in [0.4, 0.5) is 18.9 Å². The van der Waals surface area contributed by atoms with E-state index < -0.39 is 34.5 Å². The third-order valence-corrected chi connectivity index (χ3v) is 6.32. The predicted octanol–water partition coefficient (Wildman–Crippen LogP) is 3.86. The molecule has 200 valence electrons. The number of carbonyl (C=O) groups excluding carboxylic acids is 3. The number of hydrogen-bond acceptors (Lipinski definition) is 5. The van der Waals surface area contributed by atoms with Gasteiger partial charge in [-0.2, -0.15) is 13.2 Å². The lowest BCUT2D eigenvalue weighted by atomic mass is 10.1. The van der Waals surface area contributed by atoms with Crippen molar-refractivity contribution in [3.63, 3.8) is 0 Å². The normalized spacial score (nSPS) is 15.5. The number of methoxy groups -OCH3 is 2. The SMILES string of the molecule is COc1ccc(CCN2C[C@H](C(=O)N(C)CC(=O)Nc3ccc(Cl)c(C(F)(F)F)c3)CC2=O)cc1OC. The molecule has 1 saturated heterocycles. The summed E-state index contributed by atoms with van der Waals surface area (Å²) in [6.45, 7) is 0.225. The second kappa shape index (κ2) is 11.7. The minimum atomic E-state index is -4.68. The van der Waals surface area contributed by atoms with Gasteiger partial charge in [-0.1, -0.05) is 17.7 Å². The molecule has 0 aliphatic carbocycles. The van der Waals surface area contributed by atoms with Crippen LogP contribution in [0.1, 0.15) is 17.5 Å². The topological polar surface area (TPSA) is 88.2 Å². The Morgan fingerprint density at radius 3 is 2.49 bits per heavy atom. The molecule has 1 heterocycles. The van der Waals surface area contributed by atoms with Crippen LogP contribution in [0.25, 0.3) is 0 Å². The highest BCUT2D eigenvalue weighted by Crippen LogP contribution is 2.36. The van der Waals surface area contributed by atoms with Crippen molar-refractivity contribution in [2.24, 2.45) is 5.92 Å². The molecule has 0 saturated carbocycles. The molecule has 1 aliphatic heterocycles. The van der Waals surface area contributed by atoms with E-state index in [0.29, 0.717) is 24.5 Å². The van der Waals surface area contributed by atoms with E-state index in [9.17, 15) is 27.6 Å². The van der Waals surface area contributed by atoms with Crippen LogP contribution in [-0.2, 0) is 27.0 Å². The molecular weight excluding hydrogens is 515 g/mol. The largest absolute Gasteiger partial charge is 0.493 e. The number of nitrogens with one attached hydrogen (secondary N) is 1. The molecule has 1 fully saturated rings. The molecule has 37 heavy (non-hydrogen) atoms. The van der Waals surface area contributed by atoms with Crippen molar-refractivity contribution in [3.8, 4) is 11.5 Å². The average molecular weight is 542 g/mol. The number of amides is 3. The Kier molecular flexibility index (Phi) is 8.90. The van der Waals surface area contributed by atoms with Crippen molar-refractivity contribution in [2.45, 2.75) is 19.0 Å². The van der Waals surface area contributed by atoms with E-state index in [4.69, 9.17) is 21.1 Å². The number of halogens is 4. The van der Waals surface area contributed by atoms with Crippen molar-refractivity contribution >= 4 is 35.0 Å². The fourth-order valence-corrected chi connectivity index (χ4v) is 4.30. The van der Waals surface area contributed by atoms with Gasteiger partial charge in [-0.25, -0.2) is 0 Å². The molecule has 0 spiro atoms. The van der Waals surface area contributed by atoms with Gasteiger partial charge < -0.3 is 24.6 Å². The van der Waals surface area contributed by atoms with Crippen molar-refractivity contribution in [1.82, 2.24) is 9.80 Å². The quantitative estimate of drug-likeness (QED) is 0.521. The fourth-order valence-electron chi connectivity index (χ4n) is 4.08. The standard InChI is InChI=1S/C25H27ClF3N3O5/c1-31(14-22(33)30-17-5-6-19(26)18(12-17)25(27,28)29)24(35)16-11-23(34)32(13-16)9-8-15-4-7-20(36-2)21(10-15)37-3/h4-7,10,12,16H,8-9,11,13-14H2,1-3H3,(H,30,33)/t16-/m1/s1. The second-order valence-electron chi connectivity index (χ2n) is 8.61. The highest BCUT2D eigenvalue weighted by Gasteiger charge is 2.36. The first-order chi connectivity index (χ1) is 17.4. The Morgan fingerprint density at radius 1 is 1.14 bits per heavy atom. The van der Waals surface area contributed by atoms with Gasteiger partial charge in [-0.05, 0) is 42.3 Å². The minimum absolute atomic E-state index is 0.0167. The highest BCUT2D eigenvalue weighted by molar-refractivity contribution is 6.31. The number of anilines is 1. The summed E-state index contributed by atoms with van der Waals surface area (Å²) in [5.74, 6) is -0.697. The first-order valence-electron chi connectivity index (χ1n) is 11.3. The molecule has 1 atom stereocenters. The molecule has 1 N–H and O–H groups in total. The zero-order chi connectivity index (χ0) is 27.3. The minimum Gasteiger partial charge on any atom is -0.493 e. The van der Waals surface area contributed by atoms with Crippen LogP contribution >= 0.6 is 11.6 Å². The van der Waals surface area contributed by atoms with Crippen LogP contribution in [0.15, 0.2) is 36.4 Å². The molecule has 2 aromatic rings. The average Bonchev–Trinajstić information content (AvgIpc) is 3.22. The lowest BCUT2D eigenvalue weighted by molar-refractivity contribution is -0.137. The van der Waals surface area contributed by atoms with Gasteiger partial charge in [-0.3, -0.25) is 14.4 Å². The van der Waals surface area contributed by atoms with Crippen LogP contribution in [-0.4, -0.2) is 68.4 Å². The van der Waals surface area contributed by atoms with E-state index in [1.165, 1.54) is 20.2 Å². The van der Waals surface area contributed by atoms with Crippen LogP contribution < -0.4 is 14.8 Å². The maximum Gasteiger partial charge on any atom is 0.417 e. The molecule has 0 radical (unpaired) electrons. The van der Waals surface area contributed by atoms with E-state index in [0.717, 1.165) is 22.6 Å². The molecule has 0 unspecified atom stereocenters. The lowest BCUT2D eigenvalue weighted by Crippen LogP contribution is -2.39. The highest BCUT2D eigenvalue weighted by atomic mass is 35.5. The Labute approximate surface area is 217 Å². The monoisotopic (exact) mass is 541 g/mol. The van der Waals surface area contributed by atoms with Gasteiger partial charge in [0, 0.05) is 32.2 Å². The molecule has 2 aromatic carbocycles. The zero-order valence-electron chi connectivity index (χ0n) is 20.5. The van der Waals surface area contributed by atoms with Crippen molar-refractivity contribution < 1.29 is 37.0 Å². The molecule has 8 nitrogen and oxygen atoms in total. The number of likely N-dealkylation sites (N-methyl/N-ethyl adjacent to an activating group) is 1. The van der Waals surface area contributed by atoms with E-state index in [1.54, 1.807) is 18.1 Å². The van der Waals surface area contributed by atoms with E-state index >= 15 is 0 Å². The third kappa shape index (κ3) is 7.06. The van der Waals surface area contributed by atoms with Crippen LogP contribution in [0, 0.1) is 5.92 Å². The van der Waals surface area contributed by atoms with Gasteiger partial charge in [0.1, 0.15) is 0 Å². The number of benzene rings is 2. The summed E-state index contributed by atoms with van der Waals surface area (Å²) in [5, 5.41) is 1.86. The van der Waals surface area contributed by atoms with Gasteiger partial charge in [-0.15, -0.1) is 0 Å². The number of hydrogen-bond donors (Lipinski definition) is 1. The molecule has 1 aliphatic rings. The summed E-state index contributed by atoms with van der Waals surface area (Å²) in [7, 11) is 4.48. The Balaban J connectivity index is 1.53. The maximum atomic E-state index is 13.0. The van der Waals surface area contributed by atoms with Crippen LogP contribution in [0.3, 0.4) is 0 Å². The Hall–Kier alpha value is -3.47. The first-order valence-corrected chi connectivity index (χ1v) is 11.7.